The minimum absolute atomic E-state index is 0.0926. The number of Topliss-reactive ketones (excluding diaryl/α,β-unsaturated/α-hetero) is 1. The van der Waals surface area contributed by atoms with Crippen molar-refractivity contribution in [2.75, 3.05) is 13.7 Å². The molecule has 0 bridgehead atoms. The minimum atomic E-state index is -0.944. The molecular weight excluding hydrogens is 108 g/mol. The third kappa shape index (κ3) is 2.71. The lowest BCUT2D eigenvalue weighted by molar-refractivity contribution is -0.127. The molecule has 1 atom stereocenters. The molecule has 0 aliphatic heterocycles. The van der Waals surface area contributed by atoms with Gasteiger partial charge in [-0.25, -0.2) is 0 Å². The summed E-state index contributed by atoms with van der Waals surface area (Å²) in [6, 6.07) is 0. The Bertz CT molecular complexity index is 79.7. The van der Waals surface area contributed by atoms with Crippen LogP contribution in [0.4, 0.5) is 0 Å². The summed E-state index contributed by atoms with van der Waals surface area (Å²) in [6.45, 7) is 1.42. The van der Waals surface area contributed by atoms with E-state index in [1.807, 2.05) is 0 Å². The minimum Gasteiger partial charge on any atom is -0.383 e. The summed E-state index contributed by atoms with van der Waals surface area (Å²) in [7, 11) is 1.44. The van der Waals surface area contributed by atoms with Crippen molar-refractivity contribution in [2.45, 2.75) is 13.0 Å². The van der Waals surface area contributed by atoms with E-state index in [1.165, 1.54) is 14.0 Å². The molecule has 0 saturated heterocycles. The summed E-state index contributed by atoms with van der Waals surface area (Å²) in [5.74, 6) is -0.258. The molecule has 0 heterocycles. The van der Waals surface area contributed by atoms with Gasteiger partial charge in [0, 0.05) is 7.11 Å². The van der Waals surface area contributed by atoms with E-state index < -0.39 is 6.10 Å². The Kier molecular flexibility index (Phi) is 3.39. The first-order chi connectivity index (χ1) is 3.68. The predicted octanol–water partition coefficient (Wildman–Crippen LogP) is -0.417. The largest absolute Gasteiger partial charge is 0.383 e. The zero-order valence-electron chi connectivity index (χ0n) is 5.05. The third-order valence-electron chi connectivity index (χ3n) is 0.794. The highest BCUT2D eigenvalue weighted by Crippen LogP contribution is 1.83. The number of ketones is 1. The Hall–Kier alpha value is -0.410. The van der Waals surface area contributed by atoms with Crippen LogP contribution in [0.15, 0.2) is 0 Å². The second kappa shape index (κ2) is 3.57. The van der Waals surface area contributed by atoms with Gasteiger partial charge in [-0.15, -0.1) is 0 Å². The summed E-state index contributed by atoms with van der Waals surface area (Å²) in [6.07, 6.45) is -0.944. The van der Waals surface area contributed by atoms with Gasteiger partial charge < -0.3 is 9.84 Å². The van der Waals surface area contributed by atoms with E-state index in [-0.39, 0.29) is 12.4 Å². The molecule has 3 heteroatoms. The van der Waals surface area contributed by atoms with Gasteiger partial charge in [0.25, 0.3) is 0 Å². The smallest absolute Gasteiger partial charge is 0.160 e. The molecular formula is C5H10O3. The van der Waals surface area contributed by atoms with Crippen LogP contribution in [0.25, 0.3) is 0 Å². The number of hydrogen-bond donors (Lipinski definition) is 1. The van der Waals surface area contributed by atoms with Crippen LogP contribution >= 0.6 is 0 Å². The van der Waals surface area contributed by atoms with Gasteiger partial charge in [-0.05, 0) is 6.92 Å². The number of ether oxygens (including phenoxy) is 1. The number of hydrogen-bond acceptors (Lipinski definition) is 3. The van der Waals surface area contributed by atoms with Crippen LogP contribution in [-0.2, 0) is 9.53 Å². The van der Waals surface area contributed by atoms with Crippen molar-refractivity contribution < 1.29 is 14.6 Å². The molecule has 1 N–H and O–H groups in total. The quantitative estimate of drug-likeness (QED) is 0.547. The van der Waals surface area contributed by atoms with Crippen molar-refractivity contribution in [1.82, 2.24) is 0 Å². The fraction of sp³-hybridized carbons (Fsp3) is 0.800. The Morgan fingerprint density at radius 1 is 1.88 bits per heavy atom. The Morgan fingerprint density at radius 2 is 2.38 bits per heavy atom. The number of carbonyl (C=O) groups excluding carboxylic acids is 1. The Balaban J connectivity index is 3.32. The maximum Gasteiger partial charge on any atom is 0.160 e. The van der Waals surface area contributed by atoms with Gasteiger partial charge in [0.05, 0.1) is 6.61 Å². The average molecular weight is 118 g/mol. The summed E-state index contributed by atoms with van der Waals surface area (Å²) >= 11 is 0. The third-order valence-corrected chi connectivity index (χ3v) is 0.794. The van der Waals surface area contributed by atoms with Crippen LogP contribution in [0.1, 0.15) is 6.92 Å². The molecule has 0 aromatic rings. The number of carbonyl (C=O) groups is 1. The zero-order chi connectivity index (χ0) is 6.57. The van der Waals surface area contributed by atoms with Gasteiger partial charge in [0.2, 0.25) is 0 Å². The van der Waals surface area contributed by atoms with Crippen molar-refractivity contribution >= 4 is 5.78 Å². The summed E-state index contributed by atoms with van der Waals surface area (Å²) < 4.78 is 4.49. The molecule has 3 nitrogen and oxygen atoms in total. The van der Waals surface area contributed by atoms with Gasteiger partial charge in [-0.1, -0.05) is 0 Å². The lowest BCUT2D eigenvalue weighted by Crippen LogP contribution is -2.22. The summed E-state index contributed by atoms with van der Waals surface area (Å²) in [5, 5.41) is 8.65. The standard InChI is InChI=1S/C5H10O3/c1-4(6)5(7)3-8-2/h5,7H,3H2,1-2H3/t5-/m1/s1. The molecule has 0 spiro atoms. The molecule has 0 aromatic carbocycles. The van der Waals surface area contributed by atoms with Gasteiger partial charge in [-0.3, -0.25) is 4.79 Å². The maximum absolute atomic E-state index is 10.2. The van der Waals surface area contributed by atoms with Crippen molar-refractivity contribution in [3.05, 3.63) is 0 Å². The van der Waals surface area contributed by atoms with E-state index in [0.717, 1.165) is 0 Å². The monoisotopic (exact) mass is 118 g/mol. The number of aliphatic hydroxyl groups excluding tert-OH is 1. The van der Waals surface area contributed by atoms with Crippen LogP contribution < -0.4 is 0 Å². The van der Waals surface area contributed by atoms with E-state index in [4.69, 9.17) is 5.11 Å². The highest BCUT2D eigenvalue weighted by molar-refractivity contribution is 5.80. The highest BCUT2D eigenvalue weighted by Gasteiger charge is 2.06. The second-order valence-electron chi connectivity index (χ2n) is 1.58. The van der Waals surface area contributed by atoms with E-state index in [1.54, 1.807) is 0 Å². The molecule has 0 aliphatic rings. The maximum atomic E-state index is 10.2. The second-order valence-corrected chi connectivity index (χ2v) is 1.58. The molecule has 0 saturated carbocycles. The first-order valence-corrected chi connectivity index (χ1v) is 2.36. The van der Waals surface area contributed by atoms with Gasteiger partial charge in [0.15, 0.2) is 5.78 Å². The topological polar surface area (TPSA) is 46.5 Å². The number of rotatable bonds is 3. The van der Waals surface area contributed by atoms with Crippen molar-refractivity contribution in [3.8, 4) is 0 Å². The van der Waals surface area contributed by atoms with Gasteiger partial charge in [-0.2, -0.15) is 0 Å². The molecule has 0 aromatic heterocycles. The Labute approximate surface area is 48.3 Å². The predicted molar refractivity (Wildman–Crippen MR) is 28.6 cm³/mol. The molecule has 8 heavy (non-hydrogen) atoms. The molecule has 0 rings (SSSR count). The van der Waals surface area contributed by atoms with E-state index in [2.05, 4.69) is 4.74 Å². The average Bonchev–Trinajstić information content (AvgIpc) is 1.67. The first kappa shape index (κ1) is 7.59. The lowest BCUT2D eigenvalue weighted by atomic mass is 10.3. The van der Waals surface area contributed by atoms with Crippen molar-refractivity contribution in [3.63, 3.8) is 0 Å². The van der Waals surface area contributed by atoms with Crippen LogP contribution in [-0.4, -0.2) is 30.7 Å². The van der Waals surface area contributed by atoms with Crippen molar-refractivity contribution in [1.29, 1.82) is 0 Å². The van der Waals surface area contributed by atoms with E-state index >= 15 is 0 Å². The summed E-state index contributed by atoms with van der Waals surface area (Å²) in [4.78, 5) is 10.2. The fourth-order valence-corrected chi connectivity index (χ4v) is 0.275. The van der Waals surface area contributed by atoms with E-state index in [9.17, 15) is 4.79 Å². The highest BCUT2D eigenvalue weighted by atomic mass is 16.5. The number of aliphatic hydroxyl groups is 1. The van der Waals surface area contributed by atoms with Crippen LogP contribution in [0.3, 0.4) is 0 Å². The normalized spacial score (nSPS) is 13.4. The molecule has 0 unspecified atom stereocenters. The van der Waals surface area contributed by atoms with Gasteiger partial charge in [0.1, 0.15) is 6.10 Å². The van der Waals surface area contributed by atoms with Crippen molar-refractivity contribution in [2.24, 2.45) is 0 Å². The van der Waals surface area contributed by atoms with Crippen LogP contribution in [0.2, 0.25) is 0 Å². The molecule has 0 radical (unpaired) electrons. The lowest BCUT2D eigenvalue weighted by Gasteiger charge is -2.01. The van der Waals surface area contributed by atoms with Crippen LogP contribution in [0, 0.1) is 0 Å². The number of methoxy groups -OCH3 is 1. The zero-order valence-corrected chi connectivity index (χ0v) is 5.05. The van der Waals surface area contributed by atoms with E-state index in [0.29, 0.717) is 0 Å². The Morgan fingerprint density at radius 3 is 2.50 bits per heavy atom. The molecule has 0 fully saturated rings. The SMILES string of the molecule is COC[C@@H](O)C(C)=O. The first-order valence-electron chi connectivity index (χ1n) is 2.36. The van der Waals surface area contributed by atoms with Gasteiger partial charge >= 0.3 is 0 Å². The fourth-order valence-electron chi connectivity index (χ4n) is 0.275. The van der Waals surface area contributed by atoms with Crippen LogP contribution in [0.5, 0.6) is 0 Å². The molecule has 0 aliphatic carbocycles. The summed E-state index contributed by atoms with van der Waals surface area (Å²) in [5.41, 5.74) is 0. The molecule has 0 amide bonds. The molecule has 48 valence electrons.